The summed E-state index contributed by atoms with van der Waals surface area (Å²) in [6, 6.07) is 0. The standard InChI is InChI=1S/C12H16N4O3/c1-15-3-2-4-16(7-11(15)17)6-10-9(12(18)19)5-13-8-14-10/h5,8H,2-4,6-7H2,1H3,(H,18,19). The van der Waals surface area contributed by atoms with Gasteiger partial charge in [0.1, 0.15) is 11.9 Å². The first-order valence-corrected chi connectivity index (χ1v) is 6.06. The Hall–Kier alpha value is -2.02. The van der Waals surface area contributed by atoms with Crippen molar-refractivity contribution in [3.8, 4) is 0 Å². The third kappa shape index (κ3) is 3.25. The van der Waals surface area contributed by atoms with Crippen LogP contribution in [0.2, 0.25) is 0 Å². The van der Waals surface area contributed by atoms with Crippen molar-refractivity contribution in [3.05, 3.63) is 23.8 Å². The molecule has 7 heteroatoms. The van der Waals surface area contributed by atoms with Crippen LogP contribution in [0.4, 0.5) is 0 Å². The van der Waals surface area contributed by atoms with E-state index in [9.17, 15) is 9.59 Å². The topological polar surface area (TPSA) is 86.6 Å². The number of aromatic nitrogens is 2. The zero-order chi connectivity index (χ0) is 13.8. The van der Waals surface area contributed by atoms with E-state index in [0.717, 1.165) is 19.5 Å². The Labute approximate surface area is 110 Å². The maximum absolute atomic E-state index is 11.8. The predicted molar refractivity (Wildman–Crippen MR) is 66.5 cm³/mol. The van der Waals surface area contributed by atoms with Gasteiger partial charge in [-0.25, -0.2) is 14.8 Å². The van der Waals surface area contributed by atoms with Gasteiger partial charge in [-0.1, -0.05) is 0 Å². The number of carbonyl (C=O) groups is 2. The largest absolute Gasteiger partial charge is 0.478 e. The van der Waals surface area contributed by atoms with Gasteiger partial charge in [0.05, 0.1) is 12.2 Å². The average molecular weight is 264 g/mol. The minimum absolute atomic E-state index is 0.0448. The molecular formula is C12H16N4O3. The van der Waals surface area contributed by atoms with Crippen LogP contribution in [0.15, 0.2) is 12.5 Å². The van der Waals surface area contributed by atoms with E-state index in [0.29, 0.717) is 18.8 Å². The monoisotopic (exact) mass is 264 g/mol. The number of rotatable bonds is 3. The van der Waals surface area contributed by atoms with Crippen LogP contribution >= 0.6 is 0 Å². The van der Waals surface area contributed by atoms with Crippen molar-refractivity contribution in [1.29, 1.82) is 0 Å². The van der Waals surface area contributed by atoms with Gasteiger partial charge in [0.25, 0.3) is 0 Å². The molecule has 19 heavy (non-hydrogen) atoms. The highest BCUT2D eigenvalue weighted by Gasteiger charge is 2.21. The van der Waals surface area contributed by atoms with Crippen LogP contribution in [0.25, 0.3) is 0 Å². The van der Waals surface area contributed by atoms with Crippen LogP contribution in [0, 0.1) is 0 Å². The van der Waals surface area contributed by atoms with Crippen molar-refractivity contribution in [2.75, 3.05) is 26.7 Å². The molecule has 0 bridgehead atoms. The first kappa shape index (κ1) is 13.4. The molecule has 2 rings (SSSR count). The van der Waals surface area contributed by atoms with Gasteiger partial charge in [-0.3, -0.25) is 9.69 Å². The SMILES string of the molecule is CN1CCCN(Cc2ncncc2C(=O)O)CC1=O. The molecule has 1 aliphatic heterocycles. The molecular weight excluding hydrogens is 248 g/mol. The Morgan fingerprint density at radius 1 is 1.47 bits per heavy atom. The quantitative estimate of drug-likeness (QED) is 0.816. The number of likely N-dealkylation sites (N-methyl/N-ethyl adjacent to an activating group) is 1. The summed E-state index contributed by atoms with van der Waals surface area (Å²) in [6.45, 7) is 2.12. The molecule has 1 amide bonds. The number of amides is 1. The number of hydrogen-bond donors (Lipinski definition) is 1. The van der Waals surface area contributed by atoms with E-state index in [2.05, 4.69) is 9.97 Å². The summed E-state index contributed by atoms with van der Waals surface area (Å²) >= 11 is 0. The second-order valence-corrected chi connectivity index (χ2v) is 4.57. The normalized spacial score (nSPS) is 17.3. The Kier molecular flexibility index (Phi) is 4.06. The smallest absolute Gasteiger partial charge is 0.339 e. The lowest BCUT2D eigenvalue weighted by Crippen LogP contribution is -2.34. The first-order valence-electron chi connectivity index (χ1n) is 6.06. The Morgan fingerprint density at radius 2 is 2.26 bits per heavy atom. The second-order valence-electron chi connectivity index (χ2n) is 4.57. The van der Waals surface area contributed by atoms with Crippen LogP contribution in [-0.4, -0.2) is 63.4 Å². The second kappa shape index (κ2) is 5.75. The summed E-state index contributed by atoms with van der Waals surface area (Å²) in [5, 5.41) is 9.07. The Morgan fingerprint density at radius 3 is 3.00 bits per heavy atom. The van der Waals surface area contributed by atoms with Crippen molar-refractivity contribution < 1.29 is 14.7 Å². The van der Waals surface area contributed by atoms with Gasteiger partial charge < -0.3 is 10.0 Å². The van der Waals surface area contributed by atoms with Gasteiger partial charge in [-0.05, 0) is 6.42 Å². The van der Waals surface area contributed by atoms with E-state index in [1.165, 1.54) is 12.5 Å². The number of carbonyl (C=O) groups excluding carboxylic acids is 1. The maximum atomic E-state index is 11.8. The molecule has 0 aromatic carbocycles. The molecule has 1 saturated heterocycles. The third-order valence-corrected chi connectivity index (χ3v) is 3.15. The molecule has 2 heterocycles. The molecule has 0 saturated carbocycles. The molecule has 1 aromatic rings. The molecule has 0 radical (unpaired) electrons. The van der Waals surface area contributed by atoms with E-state index >= 15 is 0 Å². The minimum Gasteiger partial charge on any atom is -0.478 e. The molecule has 1 N–H and O–H groups in total. The summed E-state index contributed by atoms with van der Waals surface area (Å²) in [4.78, 5) is 34.2. The van der Waals surface area contributed by atoms with E-state index in [-0.39, 0.29) is 11.5 Å². The van der Waals surface area contributed by atoms with Crippen molar-refractivity contribution >= 4 is 11.9 Å². The lowest BCUT2D eigenvalue weighted by molar-refractivity contribution is -0.130. The van der Waals surface area contributed by atoms with Crippen molar-refractivity contribution in [2.24, 2.45) is 0 Å². The van der Waals surface area contributed by atoms with Crippen molar-refractivity contribution in [1.82, 2.24) is 19.8 Å². The Balaban J connectivity index is 2.12. The van der Waals surface area contributed by atoms with E-state index in [4.69, 9.17) is 5.11 Å². The number of carboxylic acid groups (broad SMARTS) is 1. The Bertz CT molecular complexity index is 492. The number of nitrogens with zero attached hydrogens (tertiary/aromatic N) is 4. The van der Waals surface area contributed by atoms with Gasteiger partial charge in [0, 0.05) is 32.9 Å². The minimum atomic E-state index is -1.05. The fraction of sp³-hybridized carbons (Fsp3) is 0.500. The zero-order valence-corrected chi connectivity index (χ0v) is 10.7. The van der Waals surface area contributed by atoms with E-state index in [1.807, 2.05) is 4.90 Å². The summed E-state index contributed by atoms with van der Waals surface area (Å²) in [5.41, 5.74) is 0.535. The highest BCUT2D eigenvalue weighted by Crippen LogP contribution is 2.10. The number of carboxylic acids is 1. The first-order chi connectivity index (χ1) is 9.08. The van der Waals surface area contributed by atoms with Crippen LogP contribution in [0.1, 0.15) is 22.5 Å². The van der Waals surface area contributed by atoms with Crippen LogP contribution in [-0.2, 0) is 11.3 Å². The molecule has 1 aliphatic rings. The molecule has 102 valence electrons. The fourth-order valence-corrected chi connectivity index (χ4v) is 2.05. The highest BCUT2D eigenvalue weighted by molar-refractivity contribution is 5.88. The summed E-state index contributed by atoms with van der Waals surface area (Å²) < 4.78 is 0. The van der Waals surface area contributed by atoms with Crippen LogP contribution in [0.3, 0.4) is 0 Å². The summed E-state index contributed by atoms with van der Waals surface area (Å²) in [7, 11) is 1.78. The van der Waals surface area contributed by atoms with Crippen molar-refractivity contribution in [2.45, 2.75) is 13.0 Å². The van der Waals surface area contributed by atoms with Gasteiger partial charge >= 0.3 is 5.97 Å². The average Bonchev–Trinajstić information content (AvgIpc) is 2.52. The van der Waals surface area contributed by atoms with Gasteiger partial charge in [-0.15, -0.1) is 0 Å². The van der Waals surface area contributed by atoms with Gasteiger partial charge in [0.15, 0.2) is 0 Å². The molecule has 0 unspecified atom stereocenters. The third-order valence-electron chi connectivity index (χ3n) is 3.15. The van der Waals surface area contributed by atoms with Gasteiger partial charge in [0.2, 0.25) is 5.91 Å². The zero-order valence-electron chi connectivity index (χ0n) is 10.7. The molecule has 0 atom stereocenters. The summed E-state index contributed by atoms with van der Waals surface area (Å²) in [5.74, 6) is -1.00. The number of aromatic carboxylic acids is 1. The lowest BCUT2D eigenvalue weighted by Gasteiger charge is -2.19. The highest BCUT2D eigenvalue weighted by atomic mass is 16.4. The van der Waals surface area contributed by atoms with E-state index in [1.54, 1.807) is 11.9 Å². The lowest BCUT2D eigenvalue weighted by atomic mass is 10.2. The number of hydrogen-bond acceptors (Lipinski definition) is 5. The fourth-order valence-electron chi connectivity index (χ4n) is 2.05. The van der Waals surface area contributed by atoms with Crippen LogP contribution in [0.5, 0.6) is 0 Å². The molecule has 7 nitrogen and oxygen atoms in total. The molecule has 1 aromatic heterocycles. The molecule has 0 spiro atoms. The van der Waals surface area contributed by atoms with Crippen molar-refractivity contribution in [3.63, 3.8) is 0 Å². The maximum Gasteiger partial charge on any atom is 0.339 e. The van der Waals surface area contributed by atoms with Crippen LogP contribution < -0.4 is 0 Å². The van der Waals surface area contributed by atoms with E-state index < -0.39 is 5.97 Å². The molecule has 0 aliphatic carbocycles. The summed E-state index contributed by atoms with van der Waals surface area (Å²) in [6.07, 6.45) is 3.49. The molecule has 1 fully saturated rings. The predicted octanol–water partition coefficient (Wildman–Crippen LogP) is -0.161. The van der Waals surface area contributed by atoms with Gasteiger partial charge in [-0.2, -0.15) is 0 Å².